The van der Waals surface area contributed by atoms with Crippen LogP contribution in [-0.2, 0) is 9.53 Å². The predicted octanol–water partition coefficient (Wildman–Crippen LogP) is 6.68. The molecular formula is C31H52O4. The second-order valence-corrected chi connectivity index (χ2v) is 13.6. The summed E-state index contributed by atoms with van der Waals surface area (Å²) in [5.41, 5.74) is 1.60. The Bertz CT molecular complexity index is 774. The highest BCUT2D eigenvalue weighted by molar-refractivity contribution is 5.69. The third-order valence-electron chi connectivity index (χ3n) is 11.2. The zero-order chi connectivity index (χ0) is 25.4. The molecule has 3 saturated carbocycles. The van der Waals surface area contributed by atoms with Crippen molar-refractivity contribution in [2.24, 2.45) is 46.3 Å². The average Bonchev–Trinajstić information content (AvgIpc) is 3.15. The second kappa shape index (κ2) is 10.9. The van der Waals surface area contributed by atoms with Gasteiger partial charge < -0.3 is 14.9 Å². The molecule has 35 heavy (non-hydrogen) atoms. The maximum Gasteiger partial charge on any atom is 0.306 e. The van der Waals surface area contributed by atoms with Crippen LogP contribution in [0.4, 0.5) is 0 Å². The number of hydrogen-bond donors (Lipinski definition) is 2. The molecule has 4 aliphatic carbocycles. The number of hydrogen-bond acceptors (Lipinski definition) is 4. The Hall–Kier alpha value is -0.870. The maximum atomic E-state index is 12.6. The van der Waals surface area contributed by atoms with Gasteiger partial charge in [0.15, 0.2) is 0 Å². The fraction of sp³-hybridized carbons (Fsp3) is 0.903. The lowest BCUT2D eigenvalue weighted by molar-refractivity contribution is -0.169. The van der Waals surface area contributed by atoms with Gasteiger partial charge >= 0.3 is 5.97 Å². The largest absolute Gasteiger partial charge is 0.461 e. The maximum absolute atomic E-state index is 12.6. The number of aliphatic hydroxyl groups excluding tert-OH is 2. The van der Waals surface area contributed by atoms with E-state index in [-0.39, 0.29) is 30.5 Å². The summed E-state index contributed by atoms with van der Waals surface area (Å²) in [6, 6.07) is 0. The highest BCUT2D eigenvalue weighted by Gasteiger charge is 2.61. The highest BCUT2D eigenvalue weighted by atomic mass is 16.5. The molecule has 9 atom stereocenters. The van der Waals surface area contributed by atoms with Crippen LogP contribution >= 0.6 is 0 Å². The Morgan fingerprint density at radius 3 is 2.60 bits per heavy atom. The van der Waals surface area contributed by atoms with E-state index in [0.717, 1.165) is 36.5 Å². The smallest absolute Gasteiger partial charge is 0.306 e. The molecule has 200 valence electrons. The Kier molecular flexibility index (Phi) is 8.43. The summed E-state index contributed by atoms with van der Waals surface area (Å²) < 4.78 is 6.09. The van der Waals surface area contributed by atoms with Crippen LogP contribution in [0.15, 0.2) is 11.6 Å². The van der Waals surface area contributed by atoms with Crippen LogP contribution in [0.5, 0.6) is 0 Å². The van der Waals surface area contributed by atoms with E-state index in [1.807, 2.05) is 0 Å². The van der Waals surface area contributed by atoms with Gasteiger partial charge in [-0.3, -0.25) is 4.79 Å². The summed E-state index contributed by atoms with van der Waals surface area (Å²) in [5.74, 6) is 4.15. The van der Waals surface area contributed by atoms with Crippen molar-refractivity contribution in [3.63, 3.8) is 0 Å². The lowest BCUT2D eigenvalue weighted by Crippen LogP contribution is -2.56. The van der Waals surface area contributed by atoms with Crippen molar-refractivity contribution >= 4 is 5.97 Å². The molecule has 0 aliphatic heterocycles. The van der Waals surface area contributed by atoms with Gasteiger partial charge in [0.2, 0.25) is 0 Å². The number of carbonyl (C=O) groups is 1. The standard InChI is InChI=1S/C31H52O4/c1-20(2)8-6-9-21(3)25-13-14-26-24-12-11-22-18-23(33)19-28(35-29(34)10-7-17-32)31(22,5)27(24)15-16-30(25,26)4/h11,20-21,23-28,32-33H,6-10,12-19H2,1-5H3/t21-,23-,24+,25-,26+,27+,28?,30-,31+/m1/s1. The molecule has 2 N–H and O–H groups in total. The van der Waals surface area contributed by atoms with Crippen molar-refractivity contribution in [2.75, 3.05) is 6.61 Å². The van der Waals surface area contributed by atoms with E-state index >= 15 is 0 Å². The molecular weight excluding hydrogens is 436 g/mol. The first-order valence-electron chi connectivity index (χ1n) is 14.8. The first-order chi connectivity index (χ1) is 16.6. The predicted molar refractivity (Wildman–Crippen MR) is 141 cm³/mol. The van der Waals surface area contributed by atoms with E-state index in [0.29, 0.717) is 30.1 Å². The normalized spacial score (nSPS) is 41.5. The van der Waals surface area contributed by atoms with Gasteiger partial charge in [0.05, 0.1) is 6.10 Å². The van der Waals surface area contributed by atoms with Crippen molar-refractivity contribution in [1.82, 2.24) is 0 Å². The average molecular weight is 489 g/mol. The van der Waals surface area contributed by atoms with Crippen LogP contribution in [0.25, 0.3) is 0 Å². The van der Waals surface area contributed by atoms with E-state index in [2.05, 4.69) is 40.7 Å². The fourth-order valence-electron chi connectivity index (χ4n) is 9.31. The molecule has 0 aromatic heterocycles. The molecule has 0 bridgehead atoms. The van der Waals surface area contributed by atoms with Gasteiger partial charge in [0, 0.05) is 24.9 Å². The van der Waals surface area contributed by atoms with Crippen LogP contribution in [0.1, 0.15) is 112 Å². The monoisotopic (exact) mass is 488 g/mol. The van der Waals surface area contributed by atoms with Gasteiger partial charge in [0.1, 0.15) is 6.10 Å². The number of fused-ring (bicyclic) bond motifs is 5. The van der Waals surface area contributed by atoms with E-state index < -0.39 is 6.10 Å². The number of rotatable bonds is 9. The van der Waals surface area contributed by atoms with Crippen LogP contribution < -0.4 is 0 Å². The SMILES string of the molecule is CC(C)CCC[C@@H](C)[C@H]1CC[C@H]2[C@@H]3CC=C4C[C@@H](O)CC(OC(=O)CCCO)[C@]4(C)[C@H]3CC[C@]12C. The Labute approximate surface area is 214 Å². The Balaban J connectivity index is 1.52. The van der Waals surface area contributed by atoms with Crippen LogP contribution in [-0.4, -0.2) is 35.0 Å². The summed E-state index contributed by atoms with van der Waals surface area (Å²) in [6.45, 7) is 12.2. The topological polar surface area (TPSA) is 66.8 Å². The van der Waals surface area contributed by atoms with E-state index in [1.54, 1.807) is 0 Å². The third kappa shape index (κ3) is 5.13. The van der Waals surface area contributed by atoms with Crippen molar-refractivity contribution in [1.29, 1.82) is 0 Å². The molecule has 0 radical (unpaired) electrons. The van der Waals surface area contributed by atoms with Crippen molar-refractivity contribution in [3.05, 3.63) is 11.6 Å². The zero-order valence-corrected chi connectivity index (χ0v) is 23.1. The van der Waals surface area contributed by atoms with Crippen molar-refractivity contribution in [3.8, 4) is 0 Å². The Morgan fingerprint density at radius 1 is 1.11 bits per heavy atom. The van der Waals surface area contributed by atoms with E-state index in [1.165, 1.54) is 50.5 Å². The van der Waals surface area contributed by atoms with Gasteiger partial charge in [-0.25, -0.2) is 0 Å². The minimum Gasteiger partial charge on any atom is -0.461 e. The number of aliphatic hydroxyl groups is 2. The van der Waals surface area contributed by atoms with Crippen molar-refractivity contribution < 1.29 is 19.7 Å². The highest BCUT2D eigenvalue weighted by Crippen LogP contribution is 2.67. The molecule has 4 rings (SSSR count). The first-order valence-corrected chi connectivity index (χ1v) is 14.8. The molecule has 0 heterocycles. The summed E-state index contributed by atoms with van der Waals surface area (Å²) in [6.07, 6.45) is 14.1. The van der Waals surface area contributed by atoms with Gasteiger partial charge in [-0.1, -0.05) is 65.5 Å². The summed E-state index contributed by atoms with van der Waals surface area (Å²) in [4.78, 5) is 12.6. The summed E-state index contributed by atoms with van der Waals surface area (Å²) in [7, 11) is 0. The van der Waals surface area contributed by atoms with Gasteiger partial charge in [-0.15, -0.1) is 0 Å². The Morgan fingerprint density at radius 2 is 1.89 bits per heavy atom. The number of ether oxygens (including phenoxy) is 1. The molecule has 4 aliphatic rings. The minimum atomic E-state index is -0.432. The van der Waals surface area contributed by atoms with Gasteiger partial charge in [-0.05, 0) is 85.9 Å². The quantitative estimate of drug-likeness (QED) is 0.280. The number of carbonyl (C=O) groups excluding carboxylic acids is 1. The number of esters is 1. The molecule has 3 fully saturated rings. The molecule has 1 unspecified atom stereocenters. The van der Waals surface area contributed by atoms with Gasteiger partial charge in [-0.2, -0.15) is 0 Å². The molecule has 0 spiro atoms. The minimum absolute atomic E-state index is 0.00678. The number of allylic oxidation sites excluding steroid dienone is 1. The molecule has 4 heteroatoms. The zero-order valence-electron chi connectivity index (χ0n) is 23.1. The van der Waals surface area contributed by atoms with E-state index in [9.17, 15) is 9.90 Å². The first kappa shape index (κ1) is 27.2. The van der Waals surface area contributed by atoms with Crippen LogP contribution in [0.3, 0.4) is 0 Å². The summed E-state index contributed by atoms with van der Waals surface area (Å²) in [5, 5.41) is 19.8. The van der Waals surface area contributed by atoms with Crippen molar-refractivity contribution in [2.45, 2.75) is 124 Å². The van der Waals surface area contributed by atoms with E-state index in [4.69, 9.17) is 9.84 Å². The molecule has 0 aromatic rings. The van der Waals surface area contributed by atoms with Crippen LogP contribution in [0.2, 0.25) is 0 Å². The molecule has 4 nitrogen and oxygen atoms in total. The lowest BCUT2D eigenvalue weighted by Gasteiger charge is -2.60. The second-order valence-electron chi connectivity index (χ2n) is 13.6. The molecule has 0 aromatic carbocycles. The lowest BCUT2D eigenvalue weighted by atomic mass is 9.46. The fourth-order valence-corrected chi connectivity index (χ4v) is 9.31. The third-order valence-corrected chi connectivity index (χ3v) is 11.2. The van der Waals surface area contributed by atoms with Crippen LogP contribution in [0, 0.1) is 46.3 Å². The van der Waals surface area contributed by atoms with Gasteiger partial charge in [0.25, 0.3) is 0 Å². The summed E-state index contributed by atoms with van der Waals surface area (Å²) >= 11 is 0. The molecule has 0 amide bonds. The molecule has 0 saturated heterocycles.